The summed E-state index contributed by atoms with van der Waals surface area (Å²) in [6, 6.07) is 15.2. The number of amides is 1. The first-order valence-corrected chi connectivity index (χ1v) is 12.2. The molecule has 1 saturated heterocycles. The number of anilines is 1. The fourth-order valence-electron chi connectivity index (χ4n) is 3.93. The summed E-state index contributed by atoms with van der Waals surface area (Å²) in [6.45, 7) is 6.04. The molecule has 0 bridgehead atoms. The number of nitrogens with one attached hydrogen (secondary N) is 2. The van der Waals surface area contributed by atoms with Crippen LogP contribution in [0.2, 0.25) is 5.02 Å². The van der Waals surface area contributed by atoms with Crippen molar-refractivity contribution in [3.63, 3.8) is 0 Å². The molecule has 0 aliphatic carbocycles. The van der Waals surface area contributed by atoms with E-state index >= 15 is 0 Å². The summed E-state index contributed by atoms with van der Waals surface area (Å²) in [5, 5.41) is 6.84. The zero-order valence-electron chi connectivity index (χ0n) is 19.4. The van der Waals surface area contributed by atoms with Gasteiger partial charge in [0.05, 0.1) is 28.3 Å². The van der Waals surface area contributed by atoms with Crippen LogP contribution in [0.5, 0.6) is 0 Å². The quantitative estimate of drug-likeness (QED) is 0.339. The summed E-state index contributed by atoms with van der Waals surface area (Å²) < 4.78 is 6.82. The van der Waals surface area contributed by atoms with Gasteiger partial charge in [0.1, 0.15) is 0 Å². The number of hydrogen-bond acceptors (Lipinski definition) is 5. The Morgan fingerprint density at radius 2 is 1.94 bits per heavy atom. The largest absolute Gasteiger partial charge is 0.465 e. The molecule has 2 heterocycles. The molecule has 1 aliphatic rings. The smallest absolute Gasteiger partial charge is 0.337 e. The molecular weight excluding hydrogens is 470 g/mol. The lowest BCUT2D eigenvalue weighted by Gasteiger charge is -2.13. The molecular formula is C26H26ClN3O3S. The van der Waals surface area contributed by atoms with Crippen LogP contribution in [0.3, 0.4) is 0 Å². The molecule has 0 spiro atoms. The van der Waals surface area contributed by atoms with Gasteiger partial charge in [0.2, 0.25) is 0 Å². The van der Waals surface area contributed by atoms with Crippen LogP contribution >= 0.6 is 23.4 Å². The molecule has 1 amide bonds. The van der Waals surface area contributed by atoms with Gasteiger partial charge in [0, 0.05) is 17.1 Å². The average molecular weight is 496 g/mol. The maximum absolute atomic E-state index is 12.6. The lowest BCUT2D eigenvalue weighted by molar-refractivity contribution is -0.116. The van der Waals surface area contributed by atoms with Crippen LogP contribution in [0.1, 0.15) is 39.8 Å². The van der Waals surface area contributed by atoms with Crippen molar-refractivity contribution in [3.8, 4) is 5.69 Å². The summed E-state index contributed by atoms with van der Waals surface area (Å²) in [6.07, 6.45) is 2.87. The number of halogens is 1. The summed E-state index contributed by atoms with van der Waals surface area (Å²) in [5.74, 6) is -0.548. The normalized spacial score (nSPS) is 16.6. The standard InChI is InChI=1S/C26H26ClN3O3S/c1-5-17-6-9-20(10-7-17)28-26-29-24(31)23(34-26)14-19-12-15(2)30(16(19)3)22-13-18(25(32)33-4)8-11-21(22)27/h6-14,26,28H,5H2,1-4H3,(H,29,31)/b23-14-/t26-/m1/s1. The third kappa shape index (κ3) is 4.86. The highest BCUT2D eigenvalue weighted by atomic mass is 35.5. The van der Waals surface area contributed by atoms with Crippen LogP contribution in [0.4, 0.5) is 5.69 Å². The minimum Gasteiger partial charge on any atom is -0.465 e. The predicted octanol–water partition coefficient (Wildman–Crippen LogP) is 5.70. The van der Waals surface area contributed by atoms with Crippen LogP contribution in [0.15, 0.2) is 53.4 Å². The van der Waals surface area contributed by atoms with Crippen LogP contribution in [-0.4, -0.2) is 29.1 Å². The number of rotatable bonds is 6. The zero-order chi connectivity index (χ0) is 24.4. The minimum absolute atomic E-state index is 0.122. The van der Waals surface area contributed by atoms with Crippen molar-refractivity contribution in [2.24, 2.45) is 0 Å². The Hall–Kier alpha value is -3.16. The second kappa shape index (κ2) is 9.99. The van der Waals surface area contributed by atoms with Gasteiger partial charge < -0.3 is 19.9 Å². The molecule has 3 aromatic rings. The maximum Gasteiger partial charge on any atom is 0.337 e. The average Bonchev–Trinajstić information content (AvgIpc) is 3.31. The summed E-state index contributed by atoms with van der Waals surface area (Å²) in [4.78, 5) is 25.3. The number of esters is 1. The number of hydrogen-bond donors (Lipinski definition) is 2. The first-order valence-electron chi connectivity index (χ1n) is 10.9. The van der Waals surface area contributed by atoms with E-state index in [0.29, 0.717) is 21.2 Å². The molecule has 1 atom stereocenters. The number of methoxy groups -OCH3 is 1. The van der Waals surface area contributed by atoms with E-state index in [2.05, 4.69) is 29.7 Å². The molecule has 2 aromatic carbocycles. The van der Waals surface area contributed by atoms with Crippen molar-refractivity contribution in [1.29, 1.82) is 0 Å². The first-order chi connectivity index (χ1) is 16.3. The number of benzene rings is 2. The van der Waals surface area contributed by atoms with Crippen molar-refractivity contribution >= 4 is 47.0 Å². The topological polar surface area (TPSA) is 72.4 Å². The van der Waals surface area contributed by atoms with E-state index < -0.39 is 5.97 Å². The van der Waals surface area contributed by atoms with E-state index in [1.807, 2.05) is 42.7 Å². The third-order valence-electron chi connectivity index (χ3n) is 5.76. The van der Waals surface area contributed by atoms with E-state index in [1.54, 1.807) is 18.2 Å². The summed E-state index contributed by atoms with van der Waals surface area (Å²) in [7, 11) is 1.35. The van der Waals surface area contributed by atoms with Gasteiger partial charge in [-0.1, -0.05) is 42.4 Å². The number of ether oxygens (including phenoxy) is 1. The summed E-state index contributed by atoms with van der Waals surface area (Å²) in [5.41, 5.74) is 5.82. The molecule has 0 unspecified atom stereocenters. The molecule has 0 saturated carbocycles. The van der Waals surface area contributed by atoms with Gasteiger partial charge in [-0.3, -0.25) is 4.79 Å². The molecule has 4 rings (SSSR count). The number of carbonyl (C=O) groups is 2. The third-order valence-corrected chi connectivity index (χ3v) is 7.10. The van der Waals surface area contributed by atoms with Gasteiger partial charge in [0.25, 0.3) is 5.91 Å². The molecule has 6 nitrogen and oxygen atoms in total. The number of aromatic nitrogens is 1. The van der Waals surface area contributed by atoms with Gasteiger partial charge in [-0.2, -0.15) is 0 Å². The lowest BCUT2D eigenvalue weighted by atomic mass is 10.1. The molecule has 8 heteroatoms. The molecule has 1 aromatic heterocycles. The highest BCUT2D eigenvalue weighted by Gasteiger charge is 2.27. The second-order valence-corrected chi connectivity index (χ2v) is 9.55. The highest BCUT2D eigenvalue weighted by Crippen LogP contribution is 2.33. The lowest BCUT2D eigenvalue weighted by Crippen LogP contribution is -2.30. The van der Waals surface area contributed by atoms with Crippen molar-refractivity contribution in [1.82, 2.24) is 9.88 Å². The Kier molecular flexibility index (Phi) is 7.05. The predicted molar refractivity (Wildman–Crippen MR) is 139 cm³/mol. The Balaban J connectivity index is 1.59. The van der Waals surface area contributed by atoms with Crippen LogP contribution in [0.25, 0.3) is 11.8 Å². The summed E-state index contributed by atoms with van der Waals surface area (Å²) >= 11 is 7.92. The Labute approximate surface area is 208 Å². The molecule has 1 aliphatic heterocycles. The molecule has 1 fully saturated rings. The monoisotopic (exact) mass is 495 g/mol. The maximum atomic E-state index is 12.6. The molecule has 34 heavy (non-hydrogen) atoms. The fourth-order valence-corrected chi connectivity index (χ4v) is 5.11. The minimum atomic E-state index is -0.426. The number of aryl methyl sites for hydroxylation is 2. The number of nitrogens with zero attached hydrogens (tertiary/aromatic N) is 1. The van der Waals surface area contributed by atoms with E-state index in [-0.39, 0.29) is 11.4 Å². The Morgan fingerprint density at radius 3 is 2.62 bits per heavy atom. The Bertz CT molecular complexity index is 1280. The number of thioether (sulfide) groups is 1. The van der Waals surface area contributed by atoms with Crippen molar-refractivity contribution in [3.05, 3.63) is 86.5 Å². The van der Waals surface area contributed by atoms with E-state index in [9.17, 15) is 9.59 Å². The molecule has 0 radical (unpaired) electrons. The fraction of sp³-hybridized carbons (Fsp3) is 0.231. The van der Waals surface area contributed by atoms with Gasteiger partial charge in [0.15, 0.2) is 5.50 Å². The van der Waals surface area contributed by atoms with Crippen molar-refractivity contribution in [2.75, 3.05) is 12.4 Å². The van der Waals surface area contributed by atoms with Crippen LogP contribution < -0.4 is 10.6 Å². The van der Waals surface area contributed by atoms with Crippen molar-refractivity contribution in [2.45, 2.75) is 32.7 Å². The van der Waals surface area contributed by atoms with Gasteiger partial charge >= 0.3 is 5.97 Å². The van der Waals surface area contributed by atoms with Crippen LogP contribution in [-0.2, 0) is 16.0 Å². The van der Waals surface area contributed by atoms with Gasteiger partial charge in [-0.05, 0) is 73.9 Å². The van der Waals surface area contributed by atoms with Crippen molar-refractivity contribution < 1.29 is 14.3 Å². The van der Waals surface area contributed by atoms with Gasteiger partial charge in [-0.25, -0.2) is 4.79 Å². The molecule has 2 N–H and O–H groups in total. The van der Waals surface area contributed by atoms with E-state index in [4.69, 9.17) is 16.3 Å². The molecule has 176 valence electrons. The Morgan fingerprint density at radius 1 is 1.21 bits per heavy atom. The zero-order valence-corrected chi connectivity index (χ0v) is 21.0. The van der Waals surface area contributed by atoms with Gasteiger partial charge in [-0.15, -0.1) is 0 Å². The van der Waals surface area contributed by atoms with E-state index in [1.165, 1.54) is 24.4 Å². The second-order valence-electron chi connectivity index (χ2n) is 7.99. The SMILES string of the molecule is CCc1ccc(N[C@@H]2NC(=O)/C(=C/c3cc(C)n(-c4cc(C(=O)OC)ccc4Cl)c3C)S2)cc1. The first kappa shape index (κ1) is 24.0. The van der Waals surface area contributed by atoms with E-state index in [0.717, 1.165) is 29.1 Å². The van der Waals surface area contributed by atoms with Crippen LogP contribution in [0, 0.1) is 13.8 Å². The number of carbonyl (C=O) groups excluding carboxylic acids is 2. The highest BCUT2D eigenvalue weighted by molar-refractivity contribution is 8.05.